The lowest BCUT2D eigenvalue weighted by molar-refractivity contribution is 0.0558. The monoisotopic (exact) mass is 234 g/mol. The Labute approximate surface area is 107 Å². The maximum absolute atomic E-state index is 5.82. The minimum Gasteiger partial charge on any atom is -0.361 e. The summed E-state index contributed by atoms with van der Waals surface area (Å²) in [7, 11) is 0. The molecule has 0 aromatic heterocycles. The van der Waals surface area contributed by atoms with Gasteiger partial charge >= 0.3 is 0 Å². The molecule has 1 nitrogen and oxygen atoms in total. The van der Waals surface area contributed by atoms with Gasteiger partial charge in [-0.2, -0.15) is 0 Å². The maximum Gasteiger partial charge on any atom is 0.121 e. The second kappa shape index (κ2) is 9.31. The molecule has 0 heterocycles. The fourth-order valence-electron chi connectivity index (χ4n) is 2.34. The molecule has 0 N–H and O–H groups in total. The van der Waals surface area contributed by atoms with Crippen LogP contribution in [-0.2, 0) is 4.74 Å². The van der Waals surface area contributed by atoms with Gasteiger partial charge in [-0.1, -0.05) is 44.6 Å². The third kappa shape index (κ3) is 5.94. The van der Waals surface area contributed by atoms with Gasteiger partial charge in [0.05, 0.1) is 6.61 Å². The van der Waals surface area contributed by atoms with Crippen LogP contribution in [0.2, 0.25) is 0 Å². The summed E-state index contributed by atoms with van der Waals surface area (Å²) < 4.78 is 5.82. The molecule has 0 aliphatic heterocycles. The highest BCUT2D eigenvalue weighted by atomic mass is 16.5. The van der Waals surface area contributed by atoms with Gasteiger partial charge in [0.25, 0.3) is 0 Å². The van der Waals surface area contributed by atoms with Crippen LogP contribution in [0, 0.1) is 17.8 Å². The van der Waals surface area contributed by atoms with Crippen molar-refractivity contribution in [3.05, 3.63) is 12.7 Å². The zero-order valence-electron chi connectivity index (χ0n) is 11.2. The van der Waals surface area contributed by atoms with Gasteiger partial charge in [-0.15, -0.1) is 12.5 Å². The van der Waals surface area contributed by atoms with Crippen LogP contribution in [0.3, 0.4) is 0 Å². The van der Waals surface area contributed by atoms with Gasteiger partial charge in [-0.25, -0.2) is 0 Å². The molecule has 96 valence electrons. The fourth-order valence-corrected chi connectivity index (χ4v) is 2.34. The molecule has 1 atom stereocenters. The lowest BCUT2D eigenvalue weighted by Gasteiger charge is -2.26. The van der Waals surface area contributed by atoms with Crippen molar-refractivity contribution in [3.8, 4) is 11.8 Å². The van der Waals surface area contributed by atoms with Crippen molar-refractivity contribution in [3.63, 3.8) is 0 Å². The van der Waals surface area contributed by atoms with Crippen LogP contribution in [0.25, 0.3) is 0 Å². The van der Waals surface area contributed by atoms with Crippen molar-refractivity contribution >= 4 is 0 Å². The summed E-state index contributed by atoms with van der Waals surface area (Å²) in [4.78, 5) is 0. The Bertz CT molecular complexity index is 252. The first kappa shape index (κ1) is 14.3. The maximum atomic E-state index is 5.82. The molecule has 0 aromatic rings. The van der Waals surface area contributed by atoms with Crippen LogP contribution < -0.4 is 0 Å². The molecular weight excluding hydrogens is 208 g/mol. The molecule has 1 heteroatoms. The van der Waals surface area contributed by atoms with E-state index in [2.05, 4.69) is 25.3 Å². The Morgan fingerprint density at radius 2 is 2.12 bits per heavy atom. The summed E-state index contributed by atoms with van der Waals surface area (Å²) in [5.74, 6) is 7.27. The summed E-state index contributed by atoms with van der Waals surface area (Å²) >= 11 is 0. The topological polar surface area (TPSA) is 9.23 Å². The molecule has 1 rings (SSSR count). The molecule has 0 amide bonds. The van der Waals surface area contributed by atoms with Crippen molar-refractivity contribution in [1.82, 2.24) is 0 Å². The summed E-state index contributed by atoms with van der Waals surface area (Å²) in [5, 5.41) is 0. The standard InChI is InChI=1S/C16H26O/c1-3-5-6-10-13-16(17-14-4-2)15-11-8-7-9-12-15/h4,15-16H,2-3,5-9,11-12,14H2,1H3/t16-/m0/s1. The highest BCUT2D eigenvalue weighted by molar-refractivity contribution is 5.07. The van der Waals surface area contributed by atoms with Crippen LogP contribution >= 0.6 is 0 Å². The minimum atomic E-state index is 0.144. The smallest absolute Gasteiger partial charge is 0.121 e. The van der Waals surface area contributed by atoms with E-state index in [0.29, 0.717) is 12.5 Å². The van der Waals surface area contributed by atoms with Gasteiger partial charge in [-0.05, 0) is 25.2 Å². The van der Waals surface area contributed by atoms with E-state index in [4.69, 9.17) is 4.74 Å². The molecular formula is C16H26O. The molecule has 1 aliphatic rings. The van der Waals surface area contributed by atoms with Gasteiger partial charge < -0.3 is 4.74 Å². The lowest BCUT2D eigenvalue weighted by atomic mass is 9.85. The van der Waals surface area contributed by atoms with Gasteiger partial charge in [0.15, 0.2) is 0 Å². The average molecular weight is 234 g/mol. The Hall–Kier alpha value is -0.740. The molecule has 0 spiro atoms. The third-order valence-electron chi connectivity index (χ3n) is 3.37. The quantitative estimate of drug-likeness (QED) is 0.377. The van der Waals surface area contributed by atoms with Gasteiger partial charge in [-0.3, -0.25) is 0 Å². The summed E-state index contributed by atoms with van der Waals surface area (Å²) in [6.07, 6.45) is 12.0. The van der Waals surface area contributed by atoms with E-state index in [1.807, 2.05) is 6.08 Å². The third-order valence-corrected chi connectivity index (χ3v) is 3.37. The van der Waals surface area contributed by atoms with E-state index in [1.165, 1.54) is 44.9 Å². The number of ether oxygens (including phenoxy) is 1. The summed E-state index contributed by atoms with van der Waals surface area (Å²) in [5.41, 5.74) is 0. The highest BCUT2D eigenvalue weighted by Gasteiger charge is 2.22. The van der Waals surface area contributed by atoms with Gasteiger partial charge in [0, 0.05) is 6.42 Å². The average Bonchev–Trinajstić information content (AvgIpc) is 2.39. The van der Waals surface area contributed by atoms with E-state index in [9.17, 15) is 0 Å². The van der Waals surface area contributed by atoms with Crippen LogP contribution in [0.1, 0.15) is 58.3 Å². The number of hydrogen-bond acceptors (Lipinski definition) is 1. The Morgan fingerprint density at radius 3 is 2.76 bits per heavy atom. The second-order valence-corrected chi connectivity index (χ2v) is 4.87. The van der Waals surface area contributed by atoms with E-state index in [0.717, 1.165) is 6.42 Å². The predicted octanol–water partition coefficient (Wildman–Crippen LogP) is 4.33. The molecule has 0 saturated heterocycles. The molecule has 0 aromatic carbocycles. The fraction of sp³-hybridized carbons (Fsp3) is 0.750. The van der Waals surface area contributed by atoms with Crippen molar-refractivity contribution in [2.75, 3.05) is 6.61 Å². The molecule has 1 fully saturated rings. The SMILES string of the molecule is C=CCO[C@@H](C#CCCCC)C1CCCCC1. The lowest BCUT2D eigenvalue weighted by Crippen LogP contribution is -2.25. The van der Waals surface area contributed by atoms with Crippen molar-refractivity contribution < 1.29 is 4.74 Å². The second-order valence-electron chi connectivity index (χ2n) is 4.87. The molecule has 1 saturated carbocycles. The van der Waals surface area contributed by atoms with Crippen LogP contribution in [0.4, 0.5) is 0 Å². The van der Waals surface area contributed by atoms with Crippen molar-refractivity contribution in [2.45, 2.75) is 64.4 Å². The molecule has 0 unspecified atom stereocenters. The Balaban J connectivity index is 2.44. The number of hydrogen-bond donors (Lipinski definition) is 0. The van der Waals surface area contributed by atoms with Crippen LogP contribution in [0.15, 0.2) is 12.7 Å². The van der Waals surface area contributed by atoms with Crippen molar-refractivity contribution in [1.29, 1.82) is 0 Å². The molecule has 0 bridgehead atoms. The van der Waals surface area contributed by atoms with E-state index < -0.39 is 0 Å². The minimum absolute atomic E-state index is 0.144. The Morgan fingerprint density at radius 1 is 1.35 bits per heavy atom. The first-order valence-electron chi connectivity index (χ1n) is 7.09. The zero-order valence-corrected chi connectivity index (χ0v) is 11.2. The normalized spacial score (nSPS) is 18.2. The van der Waals surface area contributed by atoms with Crippen LogP contribution in [-0.4, -0.2) is 12.7 Å². The first-order chi connectivity index (χ1) is 8.38. The first-order valence-corrected chi connectivity index (χ1v) is 7.09. The highest BCUT2D eigenvalue weighted by Crippen LogP contribution is 2.27. The van der Waals surface area contributed by atoms with Crippen molar-refractivity contribution in [2.24, 2.45) is 5.92 Å². The summed E-state index contributed by atoms with van der Waals surface area (Å²) in [6, 6.07) is 0. The van der Waals surface area contributed by atoms with E-state index in [1.54, 1.807) is 0 Å². The molecule has 17 heavy (non-hydrogen) atoms. The van der Waals surface area contributed by atoms with Gasteiger partial charge in [0.2, 0.25) is 0 Å². The number of rotatable bonds is 6. The molecule has 1 aliphatic carbocycles. The predicted molar refractivity (Wildman–Crippen MR) is 73.8 cm³/mol. The number of unbranched alkanes of at least 4 members (excludes halogenated alkanes) is 2. The summed E-state index contributed by atoms with van der Waals surface area (Å²) in [6.45, 7) is 6.55. The zero-order chi connectivity index (χ0) is 12.3. The Kier molecular flexibility index (Phi) is 7.84. The largest absolute Gasteiger partial charge is 0.361 e. The van der Waals surface area contributed by atoms with E-state index in [-0.39, 0.29) is 6.10 Å². The van der Waals surface area contributed by atoms with Gasteiger partial charge in [0.1, 0.15) is 6.10 Å². The molecule has 0 radical (unpaired) electrons. The van der Waals surface area contributed by atoms with E-state index >= 15 is 0 Å². The van der Waals surface area contributed by atoms with Crippen LogP contribution in [0.5, 0.6) is 0 Å².